The zero-order valence-corrected chi connectivity index (χ0v) is 21.8. The molecule has 2 heterocycles. The highest BCUT2D eigenvalue weighted by Crippen LogP contribution is 2.42. The molecule has 188 valence electrons. The van der Waals surface area contributed by atoms with E-state index in [9.17, 15) is 0 Å². The minimum absolute atomic E-state index is 0.243. The lowest BCUT2D eigenvalue weighted by Gasteiger charge is -2.36. The van der Waals surface area contributed by atoms with E-state index in [1.807, 2.05) is 78.3 Å². The first-order chi connectivity index (χ1) is 18.2. The van der Waals surface area contributed by atoms with Crippen LogP contribution in [0.5, 0.6) is 11.5 Å². The molecule has 0 bridgehead atoms. The van der Waals surface area contributed by atoms with Crippen LogP contribution in [0.4, 0.5) is 0 Å². The molecule has 8 heteroatoms. The zero-order valence-electron chi connectivity index (χ0n) is 21.0. The third-order valence-electron chi connectivity index (χ3n) is 6.29. The fourth-order valence-corrected chi connectivity index (χ4v) is 4.96. The molecule has 3 aromatic carbocycles. The standard InChI is InChI=1S/C29H28N4O3S/c1-4-33-27(31-28(32-33)26-18-30-20-37-26)19-36-29(21-8-6-5-7-9-21,22-10-14-24(34-2)15-11-22)23-12-16-25(35-3)17-13-23/h5-18,20H,4,19H2,1-3H3. The van der Waals surface area contributed by atoms with E-state index >= 15 is 0 Å². The molecule has 0 unspecified atom stereocenters. The molecule has 0 aliphatic rings. The van der Waals surface area contributed by atoms with E-state index in [-0.39, 0.29) is 6.61 Å². The Morgan fingerprint density at radius 1 is 0.811 bits per heavy atom. The van der Waals surface area contributed by atoms with Gasteiger partial charge in [0.1, 0.15) is 23.7 Å². The number of nitrogens with zero attached hydrogens (tertiary/aromatic N) is 4. The van der Waals surface area contributed by atoms with Crippen LogP contribution >= 0.6 is 11.3 Å². The number of methoxy groups -OCH3 is 2. The number of aromatic nitrogens is 4. The van der Waals surface area contributed by atoms with E-state index < -0.39 is 5.60 Å². The number of thiazole rings is 1. The number of hydrogen-bond acceptors (Lipinski definition) is 7. The molecule has 0 saturated carbocycles. The van der Waals surface area contributed by atoms with Crippen molar-refractivity contribution in [1.29, 1.82) is 0 Å². The highest BCUT2D eigenvalue weighted by molar-refractivity contribution is 7.13. The Kier molecular flexibility index (Phi) is 7.30. The Bertz CT molecular complexity index is 1370. The van der Waals surface area contributed by atoms with Crippen LogP contribution in [0.2, 0.25) is 0 Å². The maximum atomic E-state index is 6.98. The Hall–Kier alpha value is -4.01. The lowest BCUT2D eigenvalue weighted by molar-refractivity contribution is -0.00484. The van der Waals surface area contributed by atoms with Gasteiger partial charge >= 0.3 is 0 Å². The minimum atomic E-state index is -0.922. The minimum Gasteiger partial charge on any atom is -0.497 e. The molecule has 0 fully saturated rings. The normalized spacial score (nSPS) is 11.4. The fourth-order valence-electron chi connectivity index (χ4n) is 4.41. The van der Waals surface area contributed by atoms with Crippen LogP contribution < -0.4 is 9.47 Å². The van der Waals surface area contributed by atoms with Crippen molar-refractivity contribution in [3.63, 3.8) is 0 Å². The summed E-state index contributed by atoms with van der Waals surface area (Å²) in [7, 11) is 3.33. The molecule has 0 N–H and O–H groups in total. The molecule has 37 heavy (non-hydrogen) atoms. The molecule has 0 spiro atoms. The van der Waals surface area contributed by atoms with Gasteiger partial charge in [-0.1, -0.05) is 54.6 Å². The largest absolute Gasteiger partial charge is 0.497 e. The van der Waals surface area contributed by atoms with E-state index in [1.165, 1.54) is 11.3 Å². The van der Waals surface area contributed by atoms with Crippen LogP contribution in [0.1, 0.15) is 29.4 Å². The maximum Gasteiger partial charge on any atom is 0.193 e. The highest BCUT2D eigenvalue weighted by Gasteiger charge is 2.38. The molecule has 5 rings (SSSR count). The van der Waals surface area contributed by atoms with Gasteiger partial charge in [-0.2, -0.15) is 0 Å². The van der Waals surface area contributed by atoms with E-state index in [0.29, 0.717) is 12.4 Å². The summed E-state index contributed by atoms with van der Waals surface area (Å²) < 4.78 is 19.7. The monoisotopic (exact) mass is 512 g/mol. The summed E-state index contributed by atoms with van der Waals surface area (Å²) in [6, 6.07) is 26.2. The lowest BCUT2D eigenvalue weighted by atomic mass is 9.80. The molecule has 5 aromatic rings. The van der Waals surface area contributed by atoms with Gasteiger partial charge in [0.05, 0.1) is 24.6 Å². The number of aryl methyl sites for hydroxylation is 1. The van der Waals surface area contributed by atoms with Crippen molar-refractivity contribution in [2.24, 2.45) is 0 Å². The van der Waals surface area contributed by atoms with Gasteiger partial charge in [-0.25, -0.2) is 9.67 Å². The Morgan fingerprint density at radius 3 is 1.92 bits per heavy atom. The average Bonchev–Trinajstić information content (AvgIpc) is 3.65. The Morgan fingerprint density at radius 2 is 1.41 bits per heavy atom. The predicted molar refractivity (Wildman–Crippen MR) is 144 cm³/mol. The van der Waals surface area contributed by atoms with Crippen LogP contribution in [0.3, 0.4) is 0 Å². The summed E-state index contributed by atoms with van der Waals surface area (Å²) in [6.45, 7) is 2.96. The summed E-state index contributed by atoms with van der Waals surface area (Å²) >= 11 is 1.52. The summed E-state index contributed by atoms with van der Waals surface area (Å²) in [6.07, 6.45) is 1.79. The Balaban J connectivity index is 1.64. The first-order valence-electron chi connectivity index (χ1n) is 12.0. The molecular weight excluding hydrogens is 484 g/mol. The van der Waals surface area contributed by atoms with Crippen LogP contribution in [-0.4, -0.2) is 34.0 Å². The van der Waals surface area contributed by atoms with E-state index in [4.69, 9.17) is 24.3 Å². The third-order valence-corrected chi connectivity index (χ3v) is 7.06. The van der Waals surface area contributed by atoms with Crippen molar-refractivity contribution >= 4 is 11.3 Å². The van der Waals surface area contributed by atoms with Gasteiger partial charge in [0.25, 0.3) is 0 Å². The van der Waals surface area contributed by atoms with Gasteiger partial charge in [0.2, 0.25) is 0 Å². The molecule has 0 aliphatic carbocycles. The van der Waals surface area contributed by atoms with E-state index in [0.717, 1.165) is 38.9 Å². The molecule has 2 aromatic heterocycles. The predicted octanol–water partition coefficient (Wildman–Crippen LogP) is 5.95. The summed E-state index contributed by atoms with van der Waals surface area (Å²) in [5.74, 6) is 2.95. The third kappa shape index (κ3) is 4.85. The van der Waals surface area contributed by atoms with Crippen LogP contribution in [0.15, 0.2) is 90.6 Å². The smallest absolute Gasteiger partial charge is 0.193 e. The average molecular weight is 513 g/mol. The van der Waals surface area contributed by atoms with Gasteiger partial charge in [0.15, 0.2) is 11.6 Å². The van der Waals surface area contributed by atoms with Crippen molar-refractivity contribution in [3.05, 3.63) is 113 Å². The summed E-state index contributed by atoms with van der Waals surface area (Å²) in [4.78, 5) is 9.92. The fraction of sp³-hybridized carbons (Fsp3) is 0.207. The van der Waals surface area contributed by atoms with E-state index in [2.05, 4.69) is 17.1 Å². The topological polar surface area (TPSA) is 71.3 Å². The quantitative estimate of drug-likeness (QED) is 0.216. The molecule has 0 radical (unpaired) electrons. The van der Waals surface area contributed by atoms with Crippen molar-refractivity contribution in [3.8, 4) is 22.2 Å². The number of rotatable bonds is 10. The van der Waals surface area contributed by atoms with Crippen LogP contribution in [-0.2, 0) is 23.5 Å². The second-order valence-corrected chi connectivity index (χ2v) is 9.21. The van der Waals surface area contributed by atoms with E-state index in [1.54, 1.807) is 25.9 Å². The van der Waals surface area contributed by atoms with Crippen molar-refractivity contribution in [2.45, 2.75) is 25.7 Å². The van der Waals surface area contributed by atoms with Crippen LogP contribution in [0.25, 0.3) is 10.7 Å². The first kappa shape index (κ1) is 24.7. The van der Waals surface area contributed by atoms with Crippen molar-refractivity contribution in [2.75, 3.05) is 14.2 Å². The molecule has 0 atom stereocenters. The summed E-state index contributed by atoms with van der Waals surface area (Å²) in [5, 5.41) is 4.70. The number of hydrogen-bond donors (Lipinski definition) is 0. The Labute approximate surface area is 220 Å². The van der Waals surface area contributed by atoms with Crippen LogP contribution in [0, 0.1) is 0 Å². The molecular formula is C29H28N4O3S. The first-order valence-corrected chi connectivity index (χ1v) is 12.9. The van der Waals surface area contributed by atoms with Gasteiger partial charge in [-0.3, -0.25) is 4.98 Å². The zero-order chi connectivity index (χ0) is 25.7. The van der Waals surface area contributed by atoms with Crippen molar-refractivity contribution < 1.29 is 14.2 Å². The maximum absolute atomic E-state index is 6.98. The van der Waals surface area contributed by atoms with Gasteiger partial charge in [-0.05, 0) is 47.9 Å². The molecule has 7 nitrogen and oxygen atoms in total. The molecule has 0 aliphatic heterocycles. The van der Waals surface area contributed by atoms with Gasteiger partial charge in [0, 0.05) is 12.7 Å². The van der Waals surface area contributed by atoms with Gasteiger partial charge in [-0.15, -0.1) is 16.4 Å². The van der Waals surface area contributed by atoms with Gasteiger partial charge < -0.3 is 14.2 Å². The second-order valence-electron chi connectivity index (χ2n) is 8.33. The molecule has 0 saturated heterocycles. The lowest BCUT2D eigenvalue weighted by Crippen LogP contribution is -2.33. The SMILES string of the molecule is CCn1nc(-c2cncs2)nc1COC(c1ccccc1)(c1ccc(OC)cc1)c1ccc(OC)cc1. The summed E-state index contributed by atoms with van der Waals surface area (Å²) in [5.41, 5.74) is 3.79. The van der Waals surface area contributed by atoms with Crippen molar-refractivity contribution in [1.82, 2.24) is 19.7 Å². The number of benzene rings is 3. The highest BCUT2D eigenvalue weighted by atomic mass is 32.1. The number of ether oxygens (including phenoxy) is 3. The molecule has 0 amide bonds. The second kappa shape index (κ2) is 10.9.